The molecule has 1 rings (SSSR count). The van der Waals surface area contributed by atoms with Gasteiger partial charge in [0, 0.05) is 11.1 Å². The van der Waals surface area contributed by atoms with Crippen LogP contribution in [0.15, 0.2) is 0 Å². The smallest absolute Gasteiger partial charge is 0.0704 e. The summed E-state index contributed by atoms with van der Waals surface area (Å²) in [5, 5.41) is 8.56. The Bertz CT molecular complexity index is 281. The number of hydrogen-bond acceptors (Lipinski definition) is 5. The largest absolute Gasteiger partial charge is 0.394 e. The molecular weight excluding hydrogens is 294 g/mol. The van der Waals surface area contributed by atoms with Crippen molar-refractivity contribution >= 4 is 11.8 Å². The first kappa shape index (κ1) is 19.1. The van der Waals surface area contributed by atoms with Gasteiger partial charge >= 0.3 is 0 Å². The van der Waals surface area contributed by atoms with E-state index in [1.807, 2.05) is 4.42 Å². The Labute approximate surface area is 133 Å². The van der Waals surface area contributed by atoms with Crippen LogP contribution < -0.4 is 0 Å². The molecule has 0 unspecified atom stereocenters. The molecular formula is C15H30ClNO4. The lowest BCUT2D eigenvalue weighted by Crippen LogP contribution is -2.57. The minimum Gasteiger partial charge on any atom is -0.394 e. The molecule has 21 heavy (non-hydrogen) atoms. The summed E-state index contributed by atoms with van der Waals surface area (Å²) in [6, 6.07) is 0. The maximum absolute atomic E-state index is 8.56. The molecule has 0 aromatic carbocycles. The summed E-state index contributed by atoms with van der Waals surface area (Å²) in [5.74, 6) is 0. The van der Waals surface area contributed by atoms with Gasteiger partial charge in [0.1, 0.15) is 0 Å². The molecule has 0 saturated carbocycles. The van der Waals surface area contributed by atoms with Crippen LogP contribution in [0.2, 0.25) is 0 Å². The lowest BCUT2D eigenvalue weighted by atomic mass is 9.81. The molecule has 0 aromatic rings. The van der Waals surface area contributed by atoms with E-state index in [0.717, 1.165) is 12.8 Å². The van der Waals surface area contributed by atoms with Crippen molar-refractivity contribution in [3.05, 3.63) is 0 Å². The van der Waals surface area contributed by atoms with E-state index in [1.165, 1.54) is 0 Å². The molecule has 0 amide bonds. The molecule has 1 fully saturated rings. The number of piperidine rings is 1. The number of ether oxygens (including phenoxy) is 3. The van der Waals surface area contributed by atoms with Crippen LogP contribution in [0.1, 0.15) is 40.5 Å². The molecule has 0 bridgehead atoms. The summed E-state index contributed by atoms with van der Waals surface area (Å²) in [5.41, 5.74) is -0.153. The van der Waals surface area contributed by atoms with Crippen molar-refractivity contribution in [1.29, 1.82) is 0 Å². The van der Waals surface area contributed by atoms with E-state index in [9.17, 15) is 0 Å². The number of aliphatic hydroxyl groups excluding tert-OH is 1. The van der Waals surface area contributed by atoms with Crippen molar-refractivity contribution < 1.29 is 19.3 Å². The lowest BCUT2D eigenvalue weighted by Gasteiger charge is -2.51. The zero-order valence-electron chi connectivity index (χ0n) is 13.7. The maximum atomic E-state index is 8.56. The predicted molar refractivity (Wildman–Crippen MR) is 83.5 cm³/mol. The summed E-state index contributed by atoms with van der Waals surface area (Å²) >= 11 is 6.43. The number of hydrogen-bond donors (Lipinski definition) is 1. The topological polar surface area (TPSA) is 51.2 Å². The van der Waals surface area contributed by atoms with E-state index >= 15 is 0 Å². The molecule has 1 saturated heterocycles. The van der Waals surface area contributed by atoms with E-state index < -0.39 is 0 Å². The van der Waals surface area contributed by atoms with Gasteiger partial charge in [-0.05, 0) is 52.3 Å². The first-order valence-corrected chi connectivity index (χ1v) is 7.97. The molecule has 5 nitrogen and oxygen atoms in total. The van der Waals surface area contributed by atoms with Gasteiger partial charge in [0.2, 0.25) is 0 Å². The predicted octanol–water partition coefficient (Wildman–Crippen LogP) is 2.20. The van der Waals surface area contributed by atoms with Crippen LogP contribution in [0.3, 0.4) is 0 Å². The molecule has 1 N–H and O–H groups in total. The third-order valence-corrected chi connectivity index (χ3v) is 4.62. The third-order valence-electron chi connectivity index (χ3n) is 3.71. The quantitative estimate of drug-likeness (QED) is 0.521. The molecule has 0 radical (unpaired) electrons. The maximum Gasteiger partial charge on any atom is 0.0704 e. The molecule has 1 aliphatic heterocycles. The summed E-state index contributed by atoms with van der Waals surface area (Å²) in [6.07, 6.45) is 2.04. The van der Waals surface area contributed by atoms with Gasteiger partial charge in [-0.2, -0.15) is 0 Å². The molecule has 0 spiro atoms. The van der Waals surface area contributed by atoms with E-state index in [1.54, 1.807) is 0 Å². The summed E-state index contributed by atoms with van der Waals surface area (Å²) < 4.78 is 18.4. The number of nitrogens with zero attached hydrogens (tertiary/aromatic N) is 1. The second-order valence-electron chi connectivity index (χ2n) is 6.76. The average molecular weight is 324 g/mol. The number of aliphatic hydroxyl groups is 1. The minimum atomic E-state index is -0.0764. The first-order chi connectivity index (χ1) is 9.79. The van der Waals surface area contributed by atoms with Gasteiger partial charge in [-0.25, -0.2) is 4.42 Å². The fourth-order valence-corrected chi connectivity index (χ4v) is 3.08. The Morgan fingerprint density at radius 1 is 0.952 bits per heavy atom. The van der Waals surface area contributed by atoms with E-state index in [2.05, 4.69) is 27.7 Å². The normalized spacial score (nSPS) is 22.6. The summed E-state index contributed by atoms with van der Waals surface area (Å²) in [4.78, 5) is 0. The van der Waals surface area contributed by atoms with Crippen molar-refractivity contribution in [3.8, 4) is 0 Å². The molecule has 0 atom stereocenters. The van der Waals surface area contributed by atoms with Gasteiger partial charge in [0.05, 0.1) is 45.7 Å². The van der Waals surface area contributed by atoms with E-state index in [-0.39, 0.29) is 23.8 Å². The highest BCUT2D eigenvalue weighted by Gasteiger charge is 2.45. The molecule has 126 valence electrons. The van der Waals surface area contributed by atoms with Crippen LogP contribution in [0.5, 0.6) is 0 Å². The standard InChI is InChI=1S/C15H30ClNO4/c1-14(2)11-13(12-15(3,4)17(14)16)21-10-9-20-8-7-19-6-5-18/h13,18H,5-12H2,1-4H3. The van der Waals surface area contributed by atoms with Crippen molar-refractivity contribution in [3.63, 3.8) is 0 Å². The number of rotatable bonds is 9. The number of halogens is 1. The van der Waals surface area contributed by atoms with Gasteiger partial charge in [-0.3, -0.25) is 0 Å². The van der Waals surface area contributed by atoms with Crippen LogP contribution in [0.4, 0.5) is 0 Å². The Hall–Kier alpha value is 0.0900. The van der Waals surface area contributed by atoms with Gasteiger partial charge in [0.25, 0.3) is 0 Å². The van der Waals surface area contributed by atoms with Crippen LogP contribution in [0.25, 0.3) is 0 Å². The third kappa shape index (κ3) is 6.38. The van der Waals surface area contributed by atoms with Crippen molar-refractivity contribution in [2.75, 3.05) is 39.6 Å². The van der Waals surface area contributed by atoms with Gasteiger partial charge < -0.3 is 19.3 Å². The summed E-state index contributed by atoms with van der Waals surface area (Å²) in [6.45, 7) is 11.2. The summed E-state index contributed by atoms with van der Waals surface area (Å²) in [7, 11) is 0. The van der Waals surface area contributed by atoms with Crippen molar-refractivity contribution in [2.24, 2.45) is 0 Å². The van der Waals surface area contributed by atoms with Crippen LogP contribution in [-0.4, -0.2) is 66.3 Å². The first-order valence-electron chi connectivity index (χ1n) is 7.64. The zero-order valence-corrected chi connectivity index (χ0v) is 14.5. The van der Waals surface area contributed by atoms with Crippen LogP contribution in [0, 0.1) is 0 Å². The highest BCUT2D eigenvalue weighted by atomic mass is 35.5. The second-order valence-corrected chi connectivity index (χ2v) is 7.09. The molecule has 6 heteroatoms. The highest BCUT2D eigenvalue weighted by molar-refractivity contribution is 6.14. The van der Waals surface area contributed by atoms with Gasteiger partial charge in [0.15, 0.2) is 0 Å². The Morgan fingerprint density at radius 3 is 1.95 bits per heavy atom. The molecule has 1 aliphatic rings. The fourth-order valence-electron chi connectivity index (χ4n) is 2.94. The highest BCUT2D eigenvalue weighted by Crippen LogP contribution is 2.40. The van der Waals surface area contributed by atoms with Crippen LogP contribution in [-0.2, 0) is 14.2 Å². The van der Waals surface area contributed by atoms with Gasteiger partial charge in [-0.1, -0.05) is 0 Å². The monoisotopic (exact) mass is 323 g/mol. The van der Waals surface area contributed by atoms with E-state index in [4.69, 9.17) is 31.1 Å². The average Bonchev–Trinajstić information content (AvgIpc) is 2.38. The zero-order chi connectivity index (χ0) is 15.9. The Kier molecular flexibility index (Phi) is 7.88. The van der Waals surface area contributed by atoms with E-state index in [0.29, 0.717) is 33.0 Å². The second kappa shape index (κ2) is 8.65. The minimum absolute atomic E-state index is 0.0496. The SMILES string of the molecule is CC1(C)CC(OCCOCCOCCO)CC(C)(C)N1Cl. The van der Waals surface area contributed by atoms with Crippen LogP contribution >= 0.6 is 11.8 Å². The Balaban J connectivity index is 2.18. The fraction of sp³-hybridized carbons (Fsp3) is 1.00. The lowest BCUT2D eigenvalue weighted by molar-refractivity contribution is -0.0782. The Morgan fingerprint density at radius 2 is 1.43 bits per heavy atom. The van der Waals surface area contributed by atoms with Crippen molar-refractivity contribution in [1.82, 2.24) is 4.42 Å². The van der Waals surface area contributed by atoms with Gasteiger partial charge in [-0.15, -0.1) is 0 Å². The molecule has 1 heterocycles. The molecule has 0 aromatic heterocycles. The van der Waals surface area contributed by atoms with Crippen molar-refractivity contribution in [2.45, 2.75) is 57.7 Å². The molecule has 0 aliphatic carbocycles.